The highest BCUT2D eigenvalue weighted by atomic mass is 16.7. The van der Waals surface area contributed by atoms with Crippen LogP contribution >= 0.6 is 0 Å². The average Bonchev–Trinajstić information content (AvgIpc) is 3.25. The van der Waals surface area contributed by atoms with E-state index in [0.29, 0.717) is 24.3 Å². The number of nitrogens with zero attached hydrogens (tertiary/aromatic N) is 2. The van der Waals surface area contributed by atoms with Crippen LogP contribution in [0, 0.1) is 12.8 Å². The smallest absolute Gasteiger partial charge is 0.333 e. The second-order valence-corrected chi connectivity index (χ2v) is 6.40. The van der Waals surface area contributed by atoms with Crippen LogP contribution in [0.4, 0.5) is 0 Å². The van der Waals surface area contributed by atoms with Crippen molar-refractivity contribution in [2.75, 3.05) is 0 Å². The highest BCUT2D eigenvalue weighted by Crippen LogP contribution is 2.13. The van der Waals surface area contributed by atoms with Crippen molar-refractivity contribution in [1.82, 2.24) is 10.1 Å². The van der Waals surface area contributed by atoms with Gasteiger partial charge in [-0.1, -0.05) is 19.6 Å². The Morgan fingerprint density at radius 2 is 1.32 bits per heavy atom. The van der Waals surface area contributed by atoms with Crippen molar-refractivity contribution in [3.63, 3.8) is 0 Å². The van der Waals surface area contributed by atoms with Gasteiger partial charge in [0.1, 0.15) is 1.37 Å². The van der Waals surface area contributed by atoms with Crippen LogP contribution in [-0.4, -0.2) is 56.0 Å². The number of hydroxylamine groups is 4. The lowest BCUT2D eigenvalue weighted by Crippen LogP contribution is -2.31. The molecule has 2 aliphatic heterocycles. The van der Waals surface area contributed by atoms with Gasteiger partial charge in [-0.3, -0.25) is 29.2 Å². The van der Waals surface area contributed by atoms with Gasteiger partial charge in [-0.15, -0.1) is 31.0 Å². The van der Waals surface area contributed by atoms with E-state index in [1.807, 2.05) is 0 Å². The first-order chi connectivity index (χ1) is 16.0. The fourth-order valence-electron chi connectivity index (χ4n) is 2.16. The van der Waals surface area contributed by atoms with Crippen molar-refractivity contribution >= 4 is 35.6 Å². The zero-order valence-electron chi connectivity index (χ0n) is 19.4. The molecule has 0 aromatic heterocycles. The Bertz CT molecular complexity index is 758. The number of carbonyl (C=O) groups excluding carboxylic acids is 5. The summed E-state index contributed by atoms with van der Waals surface area (Å²) >= 11 is 0. The minimum Gasteiger partial charge on any atom is -0.481 e. The number of hydrogen-bond acceptors (Lipinski definition) is 8. The number of carbonyl (C=O) groups is 6. The van der Waals surface area contributed by atoms with E-state index in [4.69, 9.17) is 11.7 Å². The zero-order chi connectivity index (χ0) is 26.5. The molecule has 0 saturated carbocycles. The SMILES string of the molecule is C.C=CCCCC(=O)O.C=CCCCC(=O)ON1C(=O)CCC1=O.O=C1CCC(=O)N1O.[2H]C#C. The quantitative estimate of drug-likeness (QED) is 0.165. The molecule has 0 atom stereocenters. The van der Waals surface area contributed by atoms with Gasteiger partial charge in [-0.2, -0.15) is 5.06 Å². The van der Waals surface area contributed by atoms with Crippen LogP contribution in [0.5, 0.6) is 0 Å². The molecule has 2 saturated heterocycles. The van der Waals surface area contributed by atoms with E-state index in [1.54, 1.807) is 12.2 Å². The highest BCUT2D eigenvalue weighted by molar-refractivity contribution is 6.01. The molecule has 11 heteroatoms. The Labute approximate surface area is 201 Å². The van der Waals surface area contributed by atoms with Crippen LogP contribution in [0.2, 0.25) is 0 Å². The Hall–Kier alpha value is -3.78. The van der Waals surface area contributed by atoms with Gasteiger partial charge < -0.3 is 9.94 Å². The molecule has 190 valence electrons. The molecule has 4 amide bonds. The predicted octanol–water partition coefficient (Wildman–Crippen LogP) is 2.79. The molecule has 0 unspecified atom stereocenters. The number of carboxylic acids is 1. The maximum atomic E-state index is 11.2. The van der Waals surface area contributed by atoms with Crippen molar-refractivity contribution in [3.05, 3.63) is 25.3 Å². The molecule has 2 rings (SSSR count). The van der Waals surface area contributed by atoms with Crippen molar-refractivity contribution in [2.24, 2.45) is 0 Å². The first-order valence-electron chi connectivity index (χ1n) is 10.5. The zero-order valence-corrected chi connectivity index (χ0v) is 18.4. The molecular formula is C23H34N2O9. The minimum atomic E-state index is -0.730. The van der Waals surface area contributed by atoms with Crippen molar-refractivity contribution < 1.29 is 45.3 Å². The van der Waals surface area contributed by atoms with E-state index >= 15 is 0 Å². The number of hydrogen-bond donors (Lipinski definition) is 2. The fourth-order valence-corrected chi connectivity index (χ4v) is 2.16. The summed E-state index contributed by atoms with van der Waals surface area (Å²) in [4.78, 5) is 68.2. The molecule has 2 heterocycles. The van der Waals surface area contributed by atoms with E-state index < -0.39 is 35.6 Å². The lowest BCUT2D eigenvalue weighted by Gasteiger charge is -2.11. The lowest BCUT2D eigenvalue weighted by atomic mass is 10.2. The largest absolute Gasteiger partial charge is 0.481 e. The summed E-state index contributed by atoms with van der Waals surface area (Å²) in [5.74, 6) is -3.19. The highest BCUT2D eigenvalue weighted by Gasteiger charge is 2.32. The Balaban J connectivity index is -0.000000438. The maximum Gasteiger partial charge on any atom is 0.333 e. The number of rotatable bonds is 9. The monoisotopic (exact) mass is 483 g/mol. The fraction of sp³-hybridized carbons (Fsp3) is 0.478. The molecule has 11 nitrogen and oxygen atoms in total. The first-order valence-corrected chi connectivity index (χ1v) is 9.97. The van der Waals surface area contributed by atoms with E-state index in [1.165, 1.54) is 6.40 Å². The van der Waals surface area contributed by atoms with Crippen LogP contribution in [0.25, 0.3) is 0 Å². The molecule has 2 fully saturated rings. The summed E-state index contributed by atoms with van der Waals surface area (Å²) in [5.41, 5.74) is 0. The van der Waals surface area contributed by atoms with E-state index in [9.17, 15) is 28.8 Å². The number of allylic oxidation sites excluding steroid dienone is 2. The molecule has 0 radical (unpaired) electrons. The molecule has 2 aliphatic rings. The Morgan fingerprint density at radius 3 is 1.65 bits per heavy atom. The molecule has 2 N–H and O–H groups in total. The van der Waals surface area contributed by atoms with Crippen molar-refractivity contribution in [2.45, 2.75) is 71.6 Å². The summed E-state index contributed by atoms with van der Waals surface area (Å²) in [6.45, 7) is 6.98. The van der Waals surface area contributed by atoms with Gasteiger partial charge >= 0.3 is 11.9 Å². The topological polar surface area (TPSA) is 159 Å². The van der Waals surface area contributed by atoms with Gasteiger partial charge in [-0.25, -0.2) is 4.79 Å². The lowest BCUT2D eigenvalue weighted by molar-refractivity contribution is -0.197. The number of aliphatic carboxylic acids is 1. The van der Waals surface area contributed by atoms with Crippen LogP contribution in [0.15, 0.2) is 25.3 Å². The summed E-state index contributed by atoms with van der Waals surface area (Å²) in [6.07, 6.45) is 13.0. The van der Waals surface area contributed by atoms with Gasteiger partial charge in [-0.05, 0) is 25.7 Å². The number of carboxylic acid groups (broad SMARTS) is 1. The molecule has 0 bridgehead atoms. The van der Waals surface area contributed by atoms with Gasteiger partial charge in [0.25, 0.3) is 23.6 Å². The minimum absolute atomic E-state index is 0. The predicted molar refractivity (Wildman–Crippen MR) is 122 cm³/mol. The third-order valence-corrected chi connectivity index (χ3v) is 3.81. The van der Waals surface area contributed by atoms with E-state index in [2.05, 4.69) is 24.4 Å². The number of unbranched alkanes of at least 4 members (excludes halogenated alkanes) is 2. The molecule has 0 aromatic rings. The molecule has 0 aliphatic carbocycles. The summed E-state index contributed by atoms with van der Waals surface area (Å²) < 4.78 is 5.74. The molecular weight excluding hydrogens is 448 g/mol. The molecule has 0 aromatic carbocycles. The third-order valence-electron chi connectivity index (χ3n) is 3.81. The molecule has 0 spiro atoms. The number of amides is 4. The van der Waals surface area contributed by atoms with Gasteiger partial charge in [0.05, 0.1) is 0 Å². The van der Waals surface area contributed by atoms with Crippen LogP contribution in [-0.2, 0) is 33.6 Å². The standard InChI is InChI=1S/C10H13NO4.C6H10O2.C4H5NO3.C2H2.CH4/c1-2-3-4-5-10(14)15-11-8(12)6-7-9(11)13;1-2-3-4-5-6(7)8;6-3-1-2-4(7)5(3)8;1-2;/h2H,1,3-7H2;2H,1,3-5H2,(H,7,8);8H,1-2H2;1-2H;1H4/i;;;1D;. The van der Waals surface area contributed by atoms with Crippen LogP contribution in [0.3, 0.4) is 0 Å². The van der Waals surface area contributed by atoms with Crippen molar-refractivity contribution in [3.8, 4) is 12.8 Å². The second-order valence-electron chi connectivity index (χ2n) is 6.40. The van der Waals surface area contributed by atoms with E-state index in [0.717, 1.165) is 6.42 Å². The van der Waals surface area contributed by atoms with Gasteiger partial charge in [0.2, 0.25) is 0 Å². The summed E-state index contributed by atoms with van der Waals surface area (Å²) in [6, 6.07) is 0. The Kier molecular flexibility index (Phi) is 20.1. The van der Waals surface area contributed by atoms with Crippen LogP contribution in [0.1, 0.15) is 73.0 Å². The van der Waals surface area contributed by atoms with E-state index in [-0.39, 0.29) is 51.0 Å². The van der Waals surface area contributed by atoms with Crippen LogP contribution < -0.4 is 0 Å². The maximum absolute atomic E-state index is 11.2. The van der Waals surface area contributed by atoms with Gasteiger partial charge in [0, 0.05) is 38.5 Å². The number of imide groups is 2. The third kappa shape index (κ3) is 15.9. The Morgan fingerprint density at radius 1 is 0.941 bits per heavy atom. The molecule has 34 heavy (non-hydrogen) atoms. The second kappa shape index (κ2) is 21.1. The normalized spacial score (nSPS) is 13.9. The summed E-state index contributed by atoms with van der Waals surface area (Å²) in [5, 5.41) is 17.2. The average molecular weight is 484 g/mol. The first kappa shape index (κ1) is 32.4. The summed E-state index contributed by atoms with van der Waals surface area (Å²) in [7, 11) is 0. The van der Waals surface area contributed by atoms with Gasteiger partial charge in [0.15, 0.2) is 0 Å². The number of terminal acetylenes is 1. The van der Waals surface area contributed by atoms with Crippen molar-refractivity contribution in [1.29, 1.82) is 0 Å².